The van der Waals surface area contributed by atoms with E-state index in [4.69, 9.17) is 4.74 Å². The Labute approximate surface area is 157 Å². The van der Waals surface area contributed by atoms with Crippen LogP contribution in [0.5, 0.6) is 5.75 Å². The standard InChI is InChI=1S/C20H22N2O3S/c1-25-17-8-3-2-6-15(17)22-13-14(12-19(22)23)20(24)21-10-4-7-16(21)18-9-5-11-26-18/h2-3,5-6,8-9,11,14,16H,4,7,10,12-13H2,1H3. The average Bonchev–Trinajstić information content (AvgIpc) is 3.40. The highest BCUT2D eigenvalue weighted by Crippen LogP contribution is 2.38. The Morgan fingerprint density at radius 2 is 2.08 bits per heavy atom. The molecular formula is C20H22N2O3S. The Bertz CT molecular complexity index is 805. The Morgan fingerprint density at radius 3 is 2.85 bits per heavy atom. The third kappa shape index (κ3) is 2.98. The van der Waals surface area contributed by atoms with Crippen molar-refractivity contribution in [3.05, 3.63) is 46.7 Å². The van der Waals surface area contributed by atoms with Gasteiger partial charge in [0.25, 0.3) is 0 Å². The number of nitrogens with zero attached hydrogens (tertiary/aromatic N) is 2. The Hall–Kier alpha value is -2.34. The van der Waals surface area contributed by atoms with Crippen LogP contribution < -0.4 is 9.64 Å². The van der Waals surface area contributed by atoms with Crippen molar-refractivity contribution in [1.29, 1.82) is 0 Å². The number of methoxy groups -OCH3 is 1. The molecule has 0 N–H and O–H groups in total. The fourth-order valence-corrected chi connectivity index (χ4v) is 4.87. The molecule has 6 heteroatoms. The number of carbonyl (C=O) groups excluding carboxylic acids is 2. The molecule has 0 aliphatic carbocycles. The monoisotopic (exact) mass is 370 g/mol. The van der Waals surface area contributed by atoms with E-state index >= 15 is 0 Å². The first-order valence-corrected chi connectivity index (χ1v) is 9.84. The van der Waals surface area contributed by atoms with Gasteiger partial charge in [0.15, 0.2) is 0 Å². The molecule has 2 fully saturated rings. The Balaban J connectivity index is 1.52. The molecule has 3 heterocycles. The minimum Gasteiger partial charge on any atom is -0.495 e. The molecule has 2 saturated heterocycles. The second-order valence-electron chi connectivity index (χ2n) is 6.78. The quantitative estimate of drug-likeness (QED) is 0.828. The fraction of sp³-hybridized carbons (Fsp3) is 0.400. The second kappa shape index (κ2) is 7.11. The molecule has 2 unspecified atom stereocenters. The molecule has 0 saturated carbocycles. The summed E-state index contributed by atoms with van der Waals surface area (Å²) in [6, 6.07) is 11.8. The Kier molecular flexibility index (Phi) is 4.68. The van der Waals surface area contributed by atoms with E-state index in [1.54, 1.807) is 23.3 Å². The SMILES string of the molecule is COc1ccccc1N1CC(C(=O)N2CCCC2c2cccs2)CC1=O. The first kappa shape index (κ1) is 17.1. The smallest absolute Gasteiger partial charge is 0.228 e. The maximum Gasteiger partial charge on any atom is 0.228 e. The lowest BCUT2D eigenvalue weighted by atomic mass is 10.1. The summed E-state index contributed by atoms with van der Waals surface area (Å²) >= 11 is 1.70. The van der Waals surface area contributed by atoms with E-state index in [9.17, 15) is 9.59 Å². The van der Waals surface area contributed by atoms with Gasteiger partial charge in [0, 0.05) is 24.4 Å². The molecule has 136 valence electrons. The van der Waals surface area contributed by atoms with Crippen molar-refractivity contribution in [2.45, 2.75) is 25.3 Å². The van der Waals surface area contributed by atoms with Crippen molar-refractivity contribution in [2.24, 2.45) is 5.92 Å². The summed E-state index contributed by atoms with van der Waals surface area (Å²) in [5.41, 5.74) is 0.742. The molecule has 4 rings (SSSR count). The molecule has 5 nitrogen and oxygen atoms in total. The van der Waals surface area contributed by atoms with E-state index < -0.39 is 0 Å². The molecule has 2 atom stereocenters. The molecule has 2 aromatic rings. The third-order valence-electron chi connectivity index (χ3n) is 5.26. The van der Waals surface area contributed by atoms with Crippen LogP contribution in [0.3, 0.4) is 0 Å². The fourth-order valence-electron chi connectivity index (χ4n) is 4.00. The van der Waals surface area contributed by atoms with Gasteiger partial charge in [-0.3, -0.25) is 9.59 Å². The summed E-state index contributed by atoms with van der Waals surface area (Å²) in [7, 11) is 1.60. The van der Waals surface area contributed by atoms with Crippen LogP contribution in [0, 0.1) is 5.92 Å². The molecule has 2 amide bonds. The number of hydrogen-bond acceptors (Lipinski definition) is 4. The highest BCUT2D eigenvalue weighted by molar-refractivity contribution is 7.10. The van der Waals surface area contributed by atoms with E-state index in [-0.39, 0.29) is 30.2 Å². The molecule has 0 bridgehead atoms. The highest BCUT2D eigenvalue weighted by atomic mass is 32.1. The zero-order chi connectivity index (χ0) is 18.1. The number of carbonyl (C=O) groups is 2. The van der Waals surface area contributed by atoms with Crippen LogP contribution in [-0.2, 0) is 9.59 Å². The van der Waals surface area contributed by atoms with Gasteiger partial charge >= 0.3 is 0 Å². The second-order valence-corrected chi connectivity index (χ2v) is 7.76. The molecular weight excluding hydrogens is 348 g/mol. The number of anilines is 1. The number of para-hydroxylation sites is 2. The van der Waals surface area contributed by atoms with Crippen LogP contribution in [-0.4, -0.2) is 36.9 Å². The van der Waals surface area contributed by atoms with Crippen molar-refractivity contribution in [2.75, 3.05) is 25.1 Å². The summed E-state index contributed by atoms with van der Waals surface area (Å²) < 4.78 is 5.38. The lowest BCUT2D eigenvalue weighted by Crippen LogP contribution is -2.36. The molecule has 1 aromatic heterocycles. The summed E-state index contributed by atoms with van der Waals surface area (Å²) in [6.45, 7) is 1.20. The van der Waals surface area contributed by atoms with Crippen molar-refractivity contribution < 1.29 is 14.3 Å². The van der Waals surface area contributed by atoms with E-state index in [0.717, 1.165) is 25.1 Å². The van der Waals surface area contributed by atoms with Crippen LogP contribution in [0.15, 0.2) is 41.8 Å². The minimum absolute atomic E-state index is 0.0141. The zero-order valence-corrected chi connectivity index (χ0v) is 15.6. The zero-order valence-electron chi connectivity index (χ0n) is 14.8. The lowest BCUT2D eigenvalue weighted by molar-refractivity contribution is -0.136. The van der Waals surface area contributed by atoms with Crippen molar-refractivity contribution in [1.82, 2.24) is 4.90 Å². The molecule has 0 radical (unpaired) electrons. The topological polar surface area (TPSA) is 49.9 Å². The molecule has 26 heavy (non-hydrogen) atoms. The molecule has 1 aromatic carbocycles. The van der Waals surface area contributed by atoms with E-state index in [1.807, 2.05) is 35.2 Å². The van der Waals surface area contributed by atoms with Gasteiger partial charge in [-0.05, 0) is 36.4 Å². The highest BCUT2D eigenvalue weighted by Gasteiger charge is 2.41. The van der Waals surface area contributed by atoms with Gasteiger partial charge in [0.2, 0.25) is 11.8 Å². The van der Waals surface area contributed by atoms with Crippen LogP contribution in [0.1, 0.15) is 30.2 Å². The van der Waals surface area contributed by atoms with E-state index in [0.29, 0.717) is 12.3 Å². The van der Waals surface area contributed by atoms with Gasteiger partial charge in [-0.15, -0.1) is 11.3 Å². The first-order chi connectivity index (χ1) is 12.7. The van der Waals surface area contributed by atoms with Crippen molar-refractivity contribution in [3.8, 4) is 5.75 Å². The van der Waals surface area contributed by atoms with Gasteiger partial charge in [0.05, 0.1) is 24.8 Å². The van der Waals surface area contributed by atoms with Gasteiger partial charge in [-0.2, -0.15) is 0 Å². The summed E-state index contributed by atoms with van der Waals surface area (Å²) in [4.78, 5) is 30.6. The number of amides is 2. The number of benzene rings is 1. The van der Waals surface area contributed by atoms with Crippen LogP contribution in [0.4, 0.5) is 5.69 Å². The van der Waals surface area contributed by atoms with Crippen LogP contribution in [0.25, 0.3) is 0 Å². The van der Waals surface area contributed by atoms with Crippen LogP contribution >= 0.6 is 11.3 Å². The first-order valence-electron chi connectivity index (χ1n) is 8.96. The average molecular weight is 370 g/mol. The molecule has 0 spiro atoms. The van der Waals surface area contributed by atoms with Gasteiger partial charge in [-0.1, -0.05) is 18.2 Å². The number of ether oxygens (including phenoxy) is 1. The predicted molar refractivity (Wildman–Crippen MR) is 101 cm³/mol. The maximum atomic E-state index is 13.2. The molecule has 2 aliphatic rings. The van der Waals surface area contributed by atoms with E-state index in [1.165, 1.54) is 4.88 Å². The largest absolute Gasteiger partial charge is 0.495 e. The maximum absolute atomic E-state index is 13.2. The lowest BCUT2D eigenvalue weighted by Gasteiger charge is -2.27. The predicted octanol–water partition coefficient (Wildman–Crippen LogP) is 3.47. The van der Waals surface area contributed by atoms with Crippen molar-refractivity contribution >= 4 is 28.8 Å². The van der Waals surface area contributed by atoms with Crippen LogP contribution in [0.2, 0.25) is 0 Å². The number of likely N-dealkylation sites (tertiary alicyclic amines) is 1. The number of thiophene rings is 1. The third-order valence-corrected chi connectivity index (χ3v) is 6.23. The van der Waals surface area contributed by atoms with Crippen molar-refractivity contribution in [3.63, 3.8) is 0 Å². The molecule has 2 aliphatic heterocycles. The number of rotatable bonds is 4. The van der Waals surface area contributed by atoms with E-state index in [2.05, 4.69) is 11.4 Å². The number of hydrogen-bond donors (Lipinski definition) is 0. The van der Waals surface area contributed by atoms with Gasteiger partial charge < -0.3 is 14.5 Å². The van der Waals surface area contributed by atoms with Gasteiger partial charge in [0.1, 0.15) is 5.75 Å². The minimum atomic E-state index is -0.284. The van der Waals surface area contributed by atoms with Gasteiger partial charge in [-0.25, -0.2) is 0 Å². The Morgan fingerprint density at radius 1 is 1.23 bits per heavy atom. The summed E-state index contributed by atoms with van der Waals surface area (Å²) in [5.74, 6) is 0.464. The normalized spacial score (nSPS) is 22.9. The summed E-state index contributed by atoms with van der Waals surface area (Å²) in [5, 5.41) is 2.05. The summed E-state index contributed by atoms with van der Waals surface area (Å²) in [6.07, 6.45) is 2.29.